The average Bonchev–Trinajstić information content (AvgIpc) is 2.61. The van der Waals surface area contributed by atoms with Crippen LogP contribution < -0.4 is 24.8 Å². The molecule has 7 nitrogen and oxygen atoms in total. The van der Waals surface area contributed by atoms with Crippen molar-refractivity contribution in [3.8, 4) is 17.2 Å². The van der Waals surface area contributed by atoms with E-state index in [4.69, 9.17) is 26.4 Å². The second-order valence-corrected chi connectivity index (χ2v) is 4.97. The van der Waals surface area contributed by atoms with Crippen LogP contribution in [-0.2, 0) is 0 Å². The second-order valence-electron chi connectivity index (χ2n) is 4.56. The number of anilines is 1. The molecule has 8 heteroatoms. The molecule has 0 aliphatic heterocycles. The van der Waals surface area contributed by atoms with Crippen molar-refractivity contribution in [2.75, 3.05) is 26.6 Å². The Bertz CT molecular complexity index is 712. The molecule has 0 aliphatic rings. The van der Waals surface area contributed by atoms with Gasteiger partial charge in [0, 0.05) is 30.2 Å². The Labute approximate surface area is 144 Å². The van der Waals surface area contributed by atoms with Crippen LogP contribution in [-0.4, -0.2) is 37.3 Å². The van der Waals surface area contributed by atoms with Gasteiger partial charge in [-0.15, -0.1) is 0 Å². The minimum absolute atomic E-state index is 0.137. The van der Waals surface area contributed by atoms with Crippen LogP contribution in [0.4, 0.5) is 5.69 Å². The van der Waals surface area contributed by atoms with Gasteiger partial charge in [-0.1, -0.05) is 0 Å². The van der Waals surface area contributed by atoms with E-state index < -0.39 is 0 Å². The molecular weight excluding hydrogens is 330 g/mol. The van der Waals surface area contributed by atoms with Crippen LogP contribution in [0.2, 0.25) is 0 Å². The molecule has 0 aliphatic carbocycles. The molecule has 0 atom stereocenters. The monoisotopic (exact) mass is 347 g/mol. The Morgan fingerprint density at radius 3 is 2.29 bits per heavy atom. The van der Waals surface area contributed by atoms with Crippen LogP contribution in [0.25, 0.3) is 0 Å². The van der Waals surface area contributed by atoms with Crippen LogP contribution >= 0.6 is 12.2 Å². The Balaban J connectivity index is 2.13. The number of hydrogen-bond acceptors (Lipinski definition) is 6. The fourth-order valence-corrected chi connectivity index (χ4v) is 2.20. The van der Waals surface area contributed by atoms with Crippen LogP contribution in [0.1, 0.15) is 10.4 Å². The van der Waals surface area contributed by atoms with Crippen molar-refractivity contribution in [3.05, 3.63) is 42.2 Å². The molecule has 0 saturated heterocycles. The minimum atomic E-state index is -0.354. The number of pyridine rings is 1. The van der Waals surface area contributed by atoms with Crippen LogP contribution in [0, 0.1) is 0 Å². The number of nitrogens with one attached hydrogen (secondary N) is 2. The number of aromatic nitrogens is 1. The van der Waals surface area contributed by atoms with Gasteiger partial charge in [0.15, 0.2) is 16.6 Å². The maximum atomic E-state index is 12.0. The molecule has 2 aromatic rings. The van der Waals surface area contributed by atoms with Crippen molar-refractivity contribution >= 4 is 28.9 Å². The van der Waals surface area contributed by atoms with Crippen molar-refractivity contribution in [3.63, 3.8) is 0 Å². The number of nitrogens with zero attached hydrogens (tertiary/aromatic N) is 1. The third-order valence-electron chi connectivity index (χ3n) is 3.07. The fraction of sp³-hybridized carbons (Fsp3) is 0.188. The van der Waals surface area contributed by atoms with Crippen molar-refractivity contribution in [2.45, 2.75) is 0 Å². The lowest BCUT2D eigenvalue weighted by Crippen LogP contribution is -2.34. The summed E-state index contributed by atoms with van der Waals surface area (Å²) < 4.78 is 15.8. The molecule has 24 heavy (non-hydrogen) atoms. The Morgan fingerprint density at radius 2 is 1.79 bits per heavy atom. The standard InChI is InChI=1S/C16H17N3O4S/c1-21-12-7-11(8-13(22-2)14(12)23-3)18-16(24)19-15(20)10-5-4-6-17-9-10/h4-9H,1-3H3,(H2,18,19,20,24). The molecule has 126 valence electrons. The van der Waals surface area contributed by atoms with E-state index in [1.54, 1.807) is 30.5 Å². The number of benzene rings is 1. The summed E-state index contributed by atoms with van der Waals surface area (Å²) in [6.45, 7) is 0. The summed E-state index contributed by atoms with van der Waals surface area (Å²) >= 11 is 5.16. The summed E-state index contributed by atoms with van der Waals surface area (Å²) in [5.41, 5.74) is 0.993. The zero-order valence-corrected chi connectivity index (χ0v) is 14.3. The summed E-state index contributed by atoms with van der Waals surface area (Å²) in [6, 6.07) is 6.68. The van der Waals surface area contributed by atoms with E-state index in [0.29, 0.717) is 28.5 Å². The minimum Gasteiger partial charge on any atom is -0.493 e. The van der Waals surface area contributed by atoms with Crippen molar-refractivity contribution < 1.29 is 19.0 Å². The fourth-order valence-electron chi connectivity index (χ4n) is 1.99. The smallest absolute Gasteiger partial charge is 0.258 e. The lowest BCUT2D eigenvalue weighted by Gasteiger charge is -2.15. The molecule has 1 amide bonds. The molecule has 0 radical (unpaired) electrons. The molecule has 0 spiro atoms. The summed E-state index contributed by atoms with van der Waals surface area (Å²) in [5, 5.41) is 5.62. The Morgan fingerprint density at radius 1 is 1.12 bits per heavy atom. The normalized spacial score (nSPS) is 9.79. The molecule has 1 aromatic heterocycles. The van der Waals surface area contributed by atoms with Crippen LogP contribution in [0.3, 0.4) is 0 Å². The molecule has 2 N–H and O–H groups in total. The first-order chi connectivity index (χ1) is 11.6. The average molecular weight is 347 g/mol. The zero-order valence-electron chi connectivity index (χ0n) is 13.5. The van der Waals surface area contributed by atoms with Gasteiger partial charge in [-0.25, -0.2) is 0 Å². The predicted molar refractivity (Wildman–Crippen MR) is 94.0 cm³/mol. The topological polar surface area (TPSA) is 81.7 Å². The highest BCUT2D eigenvalue weighted by molar-refractivity contribution is 7.80. The maximum absolute atomic E-state index is 12.0. The van der Waals surface area contributed by atoms with Gasteiger partial charge < -0.3 is 19.5 Å². The molecule has 1 heterocycles. The van der Waals surface area contributed by atoms with E-state index >= 15 is 0 Å². The highest BCUT2D eigenvalue weighted by Gasteiger charge is 2.14. The van der Waals surface area contributed by atoms with E-state index in [1.165, 1.54) is 27.5 Å². The molecule has 0 bridgehead atoms. The number of rotatable bonds is 5. The van der Waals surface area contributed by atoms with Gasteiger partial charge in [-0.2, -0.15) is 0 Å². The van der Waals surface area contributed by atoms with E-state index in [0.717, 1.165) is 0 Å². The highest BCUT2D eigenvalue weighted by Crippen LogP contribution is 2.39. The van der Waals surface area contributed by atoms with E-state index in [1.807, 2.05) is 0 Å². The number of carbonyl (C=O) groups excluding carboxylic acids is 1. The number of hydrogen-bond donors (Lipinski definition) is 2. The molecule has 0 unspecified atom stereocenters. The van der Waals surface area contributed by atoms with Gasteiger partial charge in [0.25, 0.3) is 5.91 Å². The van der Waals surface area contributed by atoms with Gasteiger partial charge in [-0.05, 0) is 24.4 Å². The first kappa shape index (κ1) is 17.5. The Hall–Kier alpha value is -2.87. The van der Waals surface area contributed by atoms with Crippen molar-refractivity contribution in [2.24, 2.45) is 0 Å². The highest BCUT2D eigenvalue weighted by atomic mass is 32.1. The quantitative estimate of drug-likeness (QED) is 0.803. The number of amides is 1. The largest absolute Gasteiger partial charge is 0.493 e. The summed E-state index contributed by atoms with van der Waals surface area (Å²) in [6.07, 6.45) is 3.04. The summed E-state index contributed by atoms with van der Waals surface area (Å²) in [4.78, 5) is 15.9. The summed E-state index contributed by atoms with van der Waals surface area (Å²) in [7, 11) is 4.55. The second kappa shape index (κ2) is 8.11. The first-order valence-electron chi connectivity index (χ1n) is 6.91. The van der Waals surface area contributed by atoms with Crippen LogP contribution in [0.15, 0.2) is 36.7 Å². The van der Waals surface area contributed by atoms with E-state index in [9.17, 15) is 4.79 Å². The van der Waals surface area contributed by atoms with E-state index in [2.05, 4.69) is 15.6 Å². The lowest BCUT2D eigenvalue weighted by atomic mass is 10.2. The molecule has 0 fully saturated rings. The molecule has 0 saturated carbocycles. The van der Waals surface area contributed by atoms with Gasteiger partial charge in [0.1, 0.15) is 0 Å². The zero-order chi connectivity index (χ0) is 17.5. The number of carbonyl (C=O) groups is 1. The predicted octanol–water partition coefficient (Wildman–Crippen LogP) is 2.23. The van der Waals surface area contributed by atoms with E-state index in [-0.39, 0.29) is 11.0 Å². The summed E-state index contributed by atoms with van der Waals surface area (Å²) in [5.74, 6) is 1.06. The molecule has 1 aromatic carbocycles. The van der Waals surface area contributed by atoms with Gasteiger partial charge in [-0.3, -0.25) is 15.1 Å². The Kier molecular flexibility index (Phi) is 5.91. The van der Waals surface area contributed by atoms with Gasteiger partial charge in [0.2, 0.25) is 5.75 Å². The van der Waals surface area contributed by atoms with Gasteiger partial charge in [0.05, 0.1) is 26.9 Å². The van der Waals surface area contributed by atoms with Crippen molar-refractivity contribution in [1.29, 1.82) is 0 Å². The number of methoxy groups -OCH3 is 3. The SMILES string of the molecule is COc1cc(NC(=S)NC(=O)c2cccnc2)cc(OC)c1OC. The maximum Gasteiger partial charge on any atom is 0.258 e. The number of ether oxygens (including phenoxy) is 3. The molecule has 2 rings (SSSR count). The first-order valence-corrected chi connectivity index (χ1v) is 7.32. The molecular formula is C16H17N3O4S. The van der Waals surface area contributed by atoms with Crippen molar-refractivity contribution in [1.82, 2.24) is 10.3 Å². The number of thiocarbonyl (C=S) groups is 1. The third kappa shape index (κ3) is 4.11. The van der Waals surface area contributed by atoms with Gasteiger partial charge >= 0.3 is 0 Å². The third-order valence-corrected chi connectivity index (χ3v) is 3.28. The van der Waals surface area contributed by atoms with Crippen LogP contribution in [0.5, 0.6) is 17.2 Å². The lowest BCUT2D eigenvalue weighted by molar-refractivity contribution is 0.0977.